The lowest BCUT2D eigenvalue weighted by molar-refractivity contribution is -0.113. The Labute approximate surface area is 201 Å². The van der Waals surface area contributed by atoms with Gasteiger partial charge < -0.3 is 5.32 Å². The Morgan fingerprint density at radius 2 is 2.00 bits per heavy atom. The molecule has 0 unspecified atom stereocenters. The number of aryl methyl sites for hydroxylation is 3. The highest BCUT2D eigenvalue weighted by molar-refractivity contribution is 7.99. The Kier molecular flexibility index (Phi) is 5.18. The molecule has 1 atom stereocenters. The number of para-hydroxylation sites is 1. The summed E-state index contributed by atoms with van der Waals surface area (Å²) in [5, 5.41) is 14.2. The van der Waals surface area contributed by atoms with Crippen LogP contribution < -0.4 is 5.32 Å². The van der Waals surface area contributed by atoms with Crippen LogP contribution in [0.25, 0.3) is 15.9 Å². The molecule has 6 rings (SSSR count). The summed E-state index contributed by atoms with van der Waals surface area (Å²) in [5.74, 6) is 2.51. The molecule has 2 aliphatic rings. The summed E-state index contributed by atoms with van der Waals surface area (Å²) in [7, 11) is 0. The second-order valence-electron chi connectivity index (χ2n) is 9.52. The first kappa shape index (κ1) is 21.1. The van der Waals surface area contributed by atoms with Crippen molar-refractivity contribution in [2.75, 3.05) is 11.1 Å². The molecule has 2 aliphatic carbocycles. The quantitative estimate of drug-likeness (QED) is 0.374. The minimum Gasteiger partial charge on any atom is -0.325 e. The number of benzene rings is 1. The van der Waals surface area contributed by atoms with Crippen molar-refractivity contribution in [1.82, 2.24) is 19.6 Å². The van der Waals surface area contributed by atoms with Crippen LogP contribution in [0.5, 0.6) is 0 Å². The second-order valence-corrected chi connectivity index (χ2v) is 11.5. The van der Waals surface area contributed by atoms with Gasteiger partial charge in [0.1, 0.15) is 10.7 Å². The number of carbonyl (C=O) groups excluding carboxylic acids is 1. The molecule has 1 saturated carbocycles. The third-order valence-electron chi connectivity index (χ3n) is 6.82. The highest BCUT2D eigenvalue weighted by atomic mass is 32.2. The molecule has 1 amide bonds. The van der Waals surface area contributed by atoms with E-state index in [0.717, 1.165) is 69.9 Å². The molecule has 3 heterocycles. The number of nitrogens with zero attached hydrogens (tertiary/aromatic N) is 4. The first-order valence-corrected chi connectivity index (χ1v) is 13.5. The summed E-state index contributed by atoms with van der Waals surface area (Å²) in [6.07, 6.45) is 5.75. The molecular formula is C25H27N5OS2. The number of fused-ring (bicyclic) bond motifs is 5. The van der Waals surface area contributed by atoms with E-state index < -0.39 is 0 Å². The lowest BCUT2D eigenvalue weighted by Gasteiger charge is -2.17. The van der Waals surface area contributed by atoms with Crippen LogP contribution >= 0.6 is 23.1 Å². The predicted molar refractivity (Wildman–Crippen MR) is 135 cm³/mol. The van der Waals surface area contributed by atoms with Crippen molar-refractivity contribution in [3.8, 4) is 0 Å². The molecule has 1 fully saturated rings. The van der Waals surface area contributed by atoms with Crippen molar-refractivity contribution >= 4 is 50.6 Å². The first-order chi connectivity index (χ1) is 16.0. The largest absolute Gasteiger partial charge is 0.325 e. The summed E-state index contributed by atoms with van der Waals surface area (Å²) in [6, 6.07) is 6.04. The molecule has 0 bridgehead atoms. The molecule has 1 aromatic carbocycles. The van der Waals surface area contributed by atoms with Crippen LogP contribution in [0.15, 0.2) is 23.4 Å². The number of thiophene rings is 1. The minimum absolute atomic E-state index is 0.0296. The van der Waals surface area contributed by atoms with Gasteiger partial charge in [-0.05, 0) is 68.6 Å². The molecule has 0 aliphatic heterocycles. The smallest absolute Gasteiger partial charge is 0.234 e. The molecule has 170 valence electrons. The number of amides is 1. The third-order valence-corrected chi connectivity index (χ3v) is 8.89. The van der Waals surface area contributed by atoms with Crippen molar-refractivity contribution < 1.29 is 4.79 Å². The fourth-order valence-corrected chi connectivity index (χ4v) is 6.99. The molecule has 0 radical (unpaired) electrons. The number of thioether (sulfide) groups is 1. The van der Waals surface area contributed by atoms with Gasteiger partial charge in [-0.25, -0.2) is 4.98 Å². The van der Waals surface area contributed by atoms with Crippen LogP contribution in [-0.2, 0) is 17.6 Å². The number of nitrogens with one attached hydrogen (secondary N) is 1. The van der Waals surface area contributed by atoms with Gasteiger partial charge in [-0.1, -0.05) is 36.9 Å². The fourth-order valence-electron chi connectivity index (χ4n) is 4.86. The van der Waals surface area contributed by atoms with Gasteiger partial charge in [-0.15, -0.1) is 21.5 Å². The summed E-state index contributed by atoms with van der Waals surface area (Å²) in [6.45, 7) is 6.37. The van der Waals surface area contributed by atoms with E-state index in [4.69, 9.17) is 4.98 Å². The third kappa shape index (κ3) is 3.73. The molecule has 6 nitrogen and oxygen atoms in total. The number of aromatic nitrogens is 4. The normalized spacial score (nSPS) is 18.1. The van der Waals surface area contributed by atoms with E-state index in [2.05, 4.69) is 26.8 Å². The summed E-state index contributed by atoms with van der Waals surface area (Å²) < 4.78 is 2.14. The second kappa shape index (κ2) is 8.09. The highest BCUT2D eigenvalue weighted by Gasteiger charge is 2.32. The average Bonchev–Trinajstić information content (AvgIpc) is 3.45. The zero-order valence-corrected chi connectivity index (χ0v) is 20.8. The average molecular weight is 478 g/mol. The van der Waals surface area contributed by atoms with Crippen LogP contribution in [-0.4, -0.2) is 31.2 Å². The van der Waals surface area contributed by atoms with Crippen LogP contribution in [0.1, 0.15) is 59.5 Å². The van der Waals surface area contributed by atoms with Gasteiger partial charge in [0.2, 0.25) is 5.91 Å². The molecule has 3 aromatic heterocycles. The van der Waals surface area contributed by atoms with E-state index in [1.807, 2.05) is 43.4 Å². The number of anilines is 1. The highest BCUT2D eigenvalue weighted by Crippen LogP contribution is 2.44. The predicted octanol–water partition coefficient (Wildman–Crippen LogP) is 5.69. The Balaban J connectivity index is 1.34. The van der Waals surface area contributed by atoms with E-state index in [9.17, 15) is 4.79 Å². The summed E-state index contributed by atoms with van der Waals surface area (Å²) in [4.78, 5) is 20.5. The molecule has 8 heteroatoms. The van der Waals surface area contributed by atoms with Crippen LogP contribution in [0, 0.1) is 19.8 Å². The van der Waals surface area contributed by atoms with Gasteiger partial charge in [-0.3, -0.25) is 9.20 Å². The molecule has 1 N–H and O–H groups in total. The zero-order valence-electron chi connectivity index (χ0n) is 19.1. The van der Waals surface area contributed by atoms with Crippen molar-refractivity contribution in [3.05, 3.63) is 45.6 Å². The van der Waals surface area contributed by atoms with Gasteiger partial charge in [0, 0.05) is 16.5 Å². The SMILES string of the molecule is Cc1cccc(C)c1NC(=O)CSc1nnc2c3c4c(sc3nc(C3CC3)n12)C[C@@H](C)CC4. The standard InChI is InChI=1S/C25H27N5OS2/c1-13-7-10-17-18(11-13)33-24-20(17)23-28-29-25(30(23)22(27-24)16-8-9-16)32-12-19(31)26-21-14(2)5-4-6-15(21)3/h4-6,13,16H,7-12H2,1-3H3,(H,26,31)/t13-/m0/s1. The maximum atomic E-state index is 12.8. The van der Waals surface area contributed by atoms with E-state index in [0.29, 0.717) is 5.92 Å². The Morgan fingerprint density at radius 1 is 1.21 bits per heavy atom. The molecule has 0 saturated heterocycles. The lowest BCUT2D eigenvalue weighted by atomic mass is 9.89. The number of rotatable bonds is 5. The van der Waals surface area contributed by atoms with Crippen molar-refractivity contribution in [1.29, 1.82) is 0 Å². The Bertz CT molecular complexity index is 1380. The molecular weight excluding hydrogens is 450 g/mol. The number of carbonyl (C=O) groups is 1. The van der Waals surface area contributed by atoms with E-state index in [1.54, 1.807) is 0 Å². The fraction of sp³-hybridized carbons (Fsp3) is 0.440. The van der Waals surface area contributed by atoms with Crippen molar-refractivity contribution in [3.63, 3.8) is 0 Å². The number of hydrogen-bond acceptors (Lipinski definition) is 6. The van der Waals surface area contributed by atoms with Gasteiger partial charge in [0.05, 0.1) is 11.1 Å². The lowest BCUT2D eigenvalue weighted by Crippen LogP contribution is -2.16. The molecule has 4 aromatic rings. The summed E-state index contributed by atoms with van der Waals surface area (Å²) >= 11 is 3.29. The molecule has 33 heavy (non-hydrogen) atoms. The first-order valence-electron chi connectivity index (χ1n) is 11.7. The van der Waals surface area contributed by atoms with E-state index in [1.165, 1.54) is 34.0 Å². The van der Waals surface area contributed by atoms with Gasteiger partial charge in [0.15, 0.2) is 10.8 Å². The van der Waals surface area contributed by atoms with Crippen LogP contribution in [0.3, 0.4) is 0 Å². The van der Waals surface area contributed by atoms with E-state index >= 15 is 0 Å². The Hall–Kier alpha value is -2.45. The Morgan fingerprint density at radius 3 is 2.76 bits per heavy atom. The zero-order chi connectivity index (χ0) is 22.7. The minimum atomic E-state index is -0.0296. The van der Waals surface area contributed by atoms with E-state index in [-0.39, 0.29) is 11.7 Å². The van der Waals surface area contributed by atoms with Crippen LogP contribution in [0.2, 0.25) is 0 Å². The molecule has 0 spiro atoms. The topological polar surface area (TPSA) is 72.2 Å². The number of hydrogen-bond donors (Lipinski definition) is 1. The maximum absolute atomic E-state index is 12.8. The summed E-state index contributed by atoms with van der Waals surface area (Å²) in [5.41, 5.74) is 5.38. The van der Waals surface area contributed by atoms with Gasteiger partial charge in [0.25, 0.3) is 0 Å². The van der Waals surface area contributed by atoms with Crippen molar-refractivity contribution in [2.24, 2.45) is 5.92 Å². The van der Waals surface area contributed by atoms with Crippen molar-refractivity contribution in [2.45, 2.75) is 63.9 Å². The van der Waals surface area contributed by atoms with Gasteiger partial charge >= 0.3 is 0 Å². The maximum Gasteiger partial charge on any atom is 0.234 e. The van der Waals surface area contributed by atoms with Gasteiger partial charge in [-0.2, -0.15) is 0 Å². The van der Waals surface area contributed by atoms with Crippen LogP contribution in [0.4, 0.5) is 5.69 Å². The monoisotopic (exact) mass is 477 g/mol.